The number of aryl methyl sites for hydroxylation is 2. The van der Waals surface area contributed by atoms with Gasteiger partial charge in [-0.05, 0) is 26.0 Å². The van der Waals surface area contributed by atoms with Crippen molar-refractivity contribution in [3.8, 4) is 0 Å². The Morgan fingerprint density at radius 2 is 1.95 bits per heavy atom. The van der Waals surface area contributed by atoms with E-state index in [4.69, 9.17) is 4.42 Å². The molecule has 0 bridgehead atoms. The summed E-state index contributed by atoms with van der Waals surface area (Å²) in [6, 6.07) is 6.05. The normalized spacial score (nSPS) is 16.6. The van der Waals surface area contributed by atoms with E-state index in [0.717, 1.165) is 55.9 Å². The zero-order valence-electron chi connectivity index (χ0n) is 12.0. The molecule has 0 radical (unpaired) electrons. The number of nitrogens with zero attached hydrogens (tertiary/aromatic N) is 4. The van der Waals surface area contributed by atoms with Crippen LogP contribution in [0.2, 0.25) is 0 Å². The Balaban J connectivity index is 1.56. The molecule has 3 heterocycles. The first-order chi connectivity index (χ1) is 9.72. The molecule has 0 N–H and O–H groups in total. The average molecular weight is 272 g/mol. The summed E-state index contributed by atoms with van der Waals surface area (Å²) in [5.74, 6) is 2.81. The van der Waals surface area contributed by atoms with E-state index in [1.165, 1.54) is 0 Å². The fraction of sp³-hybridized carbons (Fsp3) is 0.467. The Hall–Kier alpha value is -1.88. The molecule has 0 unspecified atom stereocenters. The van der Waals surface area contributed by atoms with Crippen molar-refractivity contribution >= 4 is 5.82 Å². The maximum Gasteiger partial charge on any atom is 0.208 e. The highest BCUT2D eigenvalue weighted by molar-refractivity contribution is 5.38. The molecule has 0 spiro atoms. The molecule has 0 saturated carbocycles. The number of oxazole rings is 1. The second-order valence-corrected chi connectivity index (χ2v) is 5.20. The smallest absolute Gasteiger partial charge is 0.208 e. The van der Waals surface area contributed by atoms with Gasteiger partial charge in [-0.2, -0.15) is 0 Å². The fourth-order valence-electron chi connectivity index (χ4n) is 2.47. The highest BCUT2D eigenvalue weighted by Gasteiger charge is 2.19. The summed E-state index contributed by atoms with van der Waals surface area (Å²) in [7, 11) is 0. The molecule has 1 aliphatic heterocycles. The van der Waals surface area contributed by atoms with Gasteiger partial charge in [0.15, 0.2) is 0 Å². The molecule has 0 amide bonds. The Morgan fingerprint density at radius 1 is 1.15 bits per heavy atom. The highest BCUT2D eigenvalue weighted by atomic mass is 16.4. The summed E-state index contributed by atoms with van der Waals surface area (Å²) in [6.45, 7) is 8.76. The second kappa shape index (κ2) is 5.63. The molecular formula is C15H20N4O. The number of hydrogen-bond acceptors (Lipinski definition) is 5. The van der Waals surface area contributed by atoms with Crippen LogP contribution in [0.15, 0.2) is 28.8 Å². The van der Waals surface area contributed by atoms with Crippen molar-refractivity contribution in [2.45, 2.75) is 20.4 Å². The van der Waals surface area contributed by atoms with Crippen LogP contribution in [0, 0.1) is 13.8 Å². The molecule has 5 heteroatoms. The third-order valence-electron chi connectivity index (χ3n) is 3.78. The molecule has 1 fully saturated rings. The van der Waals surface area contributed by atoms with Crippen molar-refractivity contribution in [3.63, 3.8) is 0 Å². The number of rotatable bonds is 3. The standard InChI is InChI=1S/C15H20N4O/c1-12-13(2)20-15(17-12)11-18-7-9-19(10-8-18)14-5-3-4-6-16-14/h3-6H,7-11H2,1-2H3. The SMILES string of the molecule is Cc1nc(CN2CCN(c3ccccn3)CC2)oc1C. The first-order valence-electron chi connectivity index (χ1n) is 7.03. The summed E-state index contributed by atoms with van der Waals surface area (Å²) in [4.78, 5) is 13.6. The average Bonchev–Trinajstić information content (AvgIpc) is 2.79. The Morgan fingerprint density at radius 3 is 2.55 bits per heavy atom. The molecule has 1 aliphatic rings. The van der Waals surface area contributed by atoms with Crippen LogP contribution in [-0.2, 0) is 6.54 Å². The first-order valence-corrected chi connectivity index (χ1v) is 7.03. The lowest BCUT2D eigenvalue weighted by molar-refractivity contribution is 0.224. The van der Waals surface area contributed by atoms with Crippen LogP contribution < -0.4 is 4.90 Å². The molecule has 2 aromatic rings. The number of piperazine rings is 1. The van der Waals surface area contributed by atoms with Crippen LogP contribution in [0.1, 0.15) is 17.3 Å². The summed E-state index contributed by atoms with van der Waals surface area (Å²) < 4.78 is 5.65. The van der Waals surface area contributed by atoms with Gasteiger partial charge in [-0.15, -0.1) is 0 Å². The van der Waals surface area contributed by atoms with Gasteiger partial charge in [0.2, 0.25) is 5.89 Å². The lowest BCUT2D eigenvalue weighted by Gasteiger charge is -2.34. The minimum atomic E-state index is 0.796. The molecule has 0 atom stereocenters. The molecule has 2 aromatic heterocycles. The lowest BCUT2D eigenvalue weighted by atomic mass is 10.3. The van der Waals surface area contributed by atoms with E-state index in [0.29, 0.717) is 0 Å². The first kappa shape index (κ1) is 13.1. The van der Waals surface area contributed by atoms with Gasteiger partial charge < -0.3 is 9.32 Å². The van der Waals surface area contributed by atoms with Gasteiger partial charge in [0.25, 0.3) is 0 Å². The zero-order valence-corrected chi connectivity index (χ0v) is 12.0. The van der Waals surface area contributed by atoms with Gasteiger partial charge in [-0.3, -0.25) is 4.90 Å². The molecule has 1 saturated heterocycles. The van der Waals surface area contributed by atoms with E-state index < -0.39 is 0 Å². The number of anilines is 1. The van der Waals surface area contributed by atoms with E-state index in [-0.39, 0.29) is 0 Å². The van der Waals surface area contributed by atoms with Crippen molar-refractivity contribution in [3.05, 3.63) is 41.7 Å². The van der Waals surface area contributed by atoms with Crippen molar-refractivity contribution in [1.82, 2.24) is 14.9 Å². The van der Waals surface area contributed by atoms with Crippen LogP contribution in [0.5, 0.6) is 0 Å². The van der Waals surface area contributed by atoms with E-state index >= 15 is 0 Å². The van der Waals surface area contributed by atoms with Crippen molar-refractivity contribution in [1.29, 1.82) is 0 Å². The fourth-order valence-corrected chi connectivity index (χ4v) is 2.47. The van der Waals surface area contributed by atoms with Crippen LogP contribution in [-0.4, -0.2) is 41.0 Å². The zero-order chi connectivity index (χ0) is 13.9. The van der Waals surface area contributed by atoms with Crippen LogP contribution in [0.3, 0.4) is 0 Å². The quantitative estimate of drug-likeness (QED) is 0.855. The maximum absolute atomic E-state index is 5.65. The van der Waals surface area contributed by atoms with Crippen LogP contribution in [0.4, 0.5) is 5.82 Å². The van der Waals surface area contributed by atoms with E-state index in [2.05, 4.69) is 25.8 Å². The van der Waals surface area contributed by atoms with Crippen molar-refractivity contribution in [2.75, 3.05) is 31.1 Å². The Bertz CT molecular complexity index is 539. The van der Waals surface area contributed by atoms with Crippen LogP contribution in [0.25, 0.3) is 0 Å². The van der Waals surface area contributed by atoms with E-state index in [9.17, 15) is 0 Å². The summed E-state index contributed by atoms with van der Waals surface area (Å²) >= 11 is 0. The van der Waals surface area contributed by atoms with Crippen molar-refractivity contribution in [2.24, 2.45) is 0 Å². The van der Waals surface area contributed by atoms with Gasteiger partial charge in [0.1, 0.15) is 11.6 Å². The Labute approximate surface area is 119 Å². The van der Waals surface area contributed by atoms with E-state index in [1.807, 2.05) is 32.2 Å². The molecule has 0 aliphatic carbocycles. The predicted molar refractivity (Wildman–Crippen MR) is 77.7 cm³/mol. The molecule has 106 valence electrons. The third kappa shape index (κ3) is 2.82. The van der Waals surface area contributed by atoms with Crippen LogP contribution >= 0.6 is 0 Å². The van der Waals surface area contributed by atoms with Gasteiger partial charge in [0.05, 0.1) is 12.2 Å². The number of aromatic nitrogens is 2. The maximum atomic E-state index is 5.65. The van der Waals surface area contributed by atoms with E-state index in [1.54, 1.807) is 0 Å². The predicted octanol–water partition coefficient (Wildman–Crippen LogP) is 2.01. The molecule has 3 rings (SSSR count). The second-order valence-electron chi connectivity index (χ2n) is 5.20. The summed E-state index contributed by atoms with van der Waals surface area (Å²) in [5.41, 5.74) is 0.993. The number of pyridine rings is 1. The molecule has 0 aromatic carbocycles. The molecule has 20 heavy (non-hydrogen) atoms. The largest absolute Gasteiger partial charge is 0.444 e. The minimum Gasteiger partial charge on any atom is -0.444 e. The molecular weight excluding hydrogens is 252 g/mol. The third-order valence-corrected chi connectivity index (χ3v) is 3.78. The van der Waals surface area contributed by atoms with Crippen molar-refractivity contribution < 1.29 is 4.42 Å². The highest BCUT2D eigenvalue weighted by Crippen LogP contribution is 2.15. The van der Waals surface area contributed by atoms with Gasteiger partial charge in [0, 0.05) is 32.4 Å². The topological polar surface area (TPSA) is 45.4 Å². The molecule has 5 nitrogen and oxygen atoms in total. The van der Waals surface area contributed by atoms with Gasteiger partial charge >= 0.3 is 0 Å². The summed E-state index contributed by atoms with van der Waals surface area (Å²) in [5, 5.41) is 0. The van der Waals surface area contributed by atoms with Gasteiger partial charge in [-0.1, -0.05) is 6.07 Å². The monoisotopic (exact) mass is 272 g/mol. The lowest BCUT2D eigenvalue weighted by Crippen LogP contribution is -2.46. The minimum absolute atomic E-state index is 0.796. The van der Waals surface area contributed by atoms with Gasteiger partial charge in [-0.25, -0.2) is 9.97 Å². The number of hydrogen-bond donors (Lipinski definition) is 0. The Kier molecular flexibility index (Phi) is 3.69. The summed E-state index contributed by atoms with van der Waals surface area (Å²) in [6.07, 6.45) is 1.85.